The SMILES string of the molecule is c1ccc(-c2nc3ccccc3n2-c2ccc(-n3c4ccccc4c4ccccc43)cc2)cc1. The molecule has 0 aliphatic rings. The van der Waals surface area contributed by atoms with Gasteiger partial charge in [0.15, 0.2) is 0 Å². The van der Waals surface area contributed by atoms with Crippen LogP contribution < -0.4 is 0 Å². The summed E-state index contributed by atoms with van der Waals surface area (Å²) in [6.07, 6.45) is 0. The second-order valence-electron chi connectivity index (χ2n) is 8.51. The lowest BCUT2D eigenvalue weighted by Gasteiger charge is -2.12. The molecular weight excluding hydrogens is 414 g/mol. The first-order valence-corrected chi connectivity index (χ1v) is 11.5. The molecule has 0 N–H and O–H groups in total. The van der Waals surface area contributed by atoms with Crippen LogP contribution in [0.1, 0.15) is 0 Å². The van der Waals surface area contributed by atoms with Crippen molar-refractivity contribution < 1.29 is 0 Å². The Bertz CT molecular complexity index is 1740. The van der Waals surface area contributed by atoms with Crippen LogP contribution in [0.5, 0.6) is 0 Å². The lowest BCUT2D eigenvalue weighted by atomic mass is 10.2. The van der Waals surface area contributed by atoms with Crippen molar-refractivity contribution in [2.75, 3.05) is 0 Å². The molecule has 0 fully saturated rings. The lowest BCUT2D eigenvalue weighted by Crippen LogP contribution is -1.99. The molecule has 2 heterocycles. The standard InChI is InChI=1S/C31H21N3/c1-2-10-22(11-3-1)31-32-27-14-6-9-17-30(27)34(31)24-20-18-23(19-21-24)33-28-15-7-4-12-25(28)26-13-5-8-16-29(26)33/h1-21H. The molecule has 0 amide bonds. The van der Waals surface area contributed by atoms with Crippen molar-refractivity contribution >= 4 is 32.8 Å². The third-order valence-corrected chi connectivity index (χ3v) is 6.54. The van der Waals surface area contributed by atoms with Gasteiger partial charge in [0.05, 0.1) is 22.1 Å². The summed E-state index contributed by atoms with van der Waals surface area (Å²) in [5.74, 6) is 0.950. The molecular formula is C31H21N3. The smallest absolute Gasteiger partial charge is 0.145 e. The summed E-state index contributed by atoms with van der Waals surface area (Å²) in [7, 11) is 0. The van der Waals surface area contributed by atoms with Gasteiger partial charge in [0.1, 0.15) is 5.82 Å². The molecule has 2 aromatic heterocycles. The van der Waals surface area contributed by atoms with E-state index in [1.54, 1.807) is 0 Å². The fourth-order valence-electron chi connectivity index (χ4n) is 5.02. The highest BCUT2D eigenvalue weighted by Crippen LogP contribution is 2.33. The number of nitrogens with zero attached hydrogens (tertiary/aromatic N) is 3. The van der Waals surface area contributed by atoms with Gasteiger partial charge in [-0.1, -0.05) is 78.9 Å². The largest absolute Gasteiger partial charge is 0.309 e. The minimum atomic E-state index is 0.950. The van der Waals surface area contributed by atoms with Gasteiger partial charge in [0.25, 0.3) is 0 Å². The van der Waals surface area contributed by atoms with Gasteiger partial charge in [-0.2, -0.15) is 0 Å². The van der Waals surface area contributed by atoms with Crippen molar-refractivity contribution in [1.29, 1.82) is 0 Å². The monoisotopic (exact) mass is 435 g/mol. The number of imidazole rings is 1. The predicted molar refractivity (Wildman–Crippen MR) is 141 cm³/mol. The Morgan fingerprint density at radius 1 is 0.412 bits per heavy atom. The third kappa shape index (κ3) is 2.81. The van der Waals surface area contributed by atoms with Crippen LogP contribution >= 0.6 is 0 Å². The molecule has 7 aromatic rings. The van der Waals surface area contributed by atoms with Gasteiger partial charge in [-0.15, -0.1) is 0 Å². The molecule has 0 saturated heterocycles. The Morgan fingerprint density at radius 2 is 0.912 bits per heavy atom. The van der Waals surface area contributed by atoms with E-state index in [0.717, 1.165) is 33.8 Å². The number of para-hydroxylation sites is 4. The van der Waals surface area contributed by atoms with Crippen LogP contribution in [-0.2, 0) is 0 Å². The van der Waals surface area contributed by atoms with Crippen LogP contribution in [-0.4, -0.2) is 14.1 Å². The van der Waals surface area contributed by atoms with E-state index in [1.165, 1.54) is 21.8 Å². The zero-order chi connectivity index (χ0) is 22.5. The highest BCUT2D eigenvalue weighted by Gasteiger charge is 2.15. The van der Waals surface area contributed by atoms with Crippen LogP contribution in [0.2, 0.25) is 0 Å². The molecule has 0 radical (unpaired) electrons. The Morgan fingerprint density at radius 3 is 1.56 bits per heavy atom. The summed E-state index contributed by atoms with van der Waals surface area (Å²) in [4.78, 5) is 4.97. The first-order chi connectivity index (χ1) is 16.9. The lowest BCUT2D eigenvalue weighted by molar-refractivity contribution is 1.09. The molecule has 0 unspecified atom stereocenters. The fraction of sp³-hybridized carbons (Fsp3) is 0. The summed E-state index contributed by atoms with van der Waals surface area (Å²) in [5, 5.41) is 2.54. The molecule has 0 aliphatic carbocycles. The maximum absolute atomic E-state index is 4.97. The number of hydrogen-bond acceptors (Lipinski definition) is 1. The van der Waals surface area contributed by atoms with Crippen molar-refractivity contribution in [3.05, 3.63) is 127 Å². The molecule has 5 aromatic carbocycles. The van der Waals surface area contributed by atoms with E-state index in [1.807, 2.05) is 12.1 Å². The van der Waals surface area contributed by atoms with Crippen molar-refractivity contribution in [3.8, 4) is 22.8 Å². The van der Waals surface area contributed by atoms with Crippen molar-refractivity contribution in [2.45, 2.75) is 0 Å². The van der Waals surface area contributed by atoms with Crippen LogP contribution in [0.25, 0.3) is 55.6 Å². The van der Waals surface area contributed by atoms with Crippen molar-refractivity contribution in [2.24, 2.45) is 0 Å². The molecule has 3 heteroatoms. The Balaban J connectivity index is 1.43. The molecule has 7 rings (SSSR count). The number of aromatic nitrogens is 3. The summed E-state index contributed by atoms with van der Waals surface area (Å²) < 4.78 is 4.60. The first-order valence-electron chi connectivity index (χ1n) is 11.5. The molecule has 160 valence electrons. The first kappa shape index (κ1) is 18.9. The molecule has 34 heavy (non-hydrogen) atoms. The molecule has 0 atom stereocenters. The summed E-state index contributed by atoms with van der Waals surface area (Å²) in [5.41, 5.74) is 7.87. The number of rotatable bonds is 3. The van der Waals surface area contributed by atoms with Crippen LogP contribution in [0.4, 0.5) is 0 Å². The third-order valence-electron chi connectivity index (χ3n) is 6.54. The Hall–Kier alpha value is -4.63. The fourth-order valence-corrected chi connectivity index (χ4v) is 5.02. The van der Waals surface area contributed by atoms with Gasteiger partial charge in [-0.3, -0.25) is 4.57 Å². The van der Waals surface area contributed by atoms with Gasteiger partial charge in [0.2, 0.25) is 0 Å². The number of fused-ring (bicyclic) bond motifs is 4. The highest BCUT2D eigenvalue weighted by atomic mass is 15.1. The van der Waals surface area contributed by atoms with Crippen LogP contribution in [0.3, 0.4) is 0 Å². The minimum Gasteiger partial charge on any atom is -0.309 e. The number of hydrogen-bond donors (Lipinski definition) is 0. The topological polar surface area (TPSA) is 22.8 Å². The van der Waals surface area contributed by atoms with Crippen molar-refractivity contribution in [3.63, 3.8) is 0 Å². The Kier molecular flexibility index (Phi) is 4.15. The van der Waals surface area contributed by atoms with Crippen LogP contribution in [0.15, 0.2) is 127 Å². The zero-order valence-corrected chi connectivity index (χ0v) is 18.5. The summed E-state index contributed by atoms with van der Waals surface area (Å²) in [6.45, 7) is 0. The summed E-state index contributed by atoms with van der Waals surface area (Å²) >= 11 is 0. The highest BCUT2D eigenvalue weighted by molar-refractivity contribution is 6.09. The van der Waals surface area contributed by atoms with Crippen molar-refractivity contribution in [1.82, 2.24) is 14.1 Å². The van der Waals surface area contributed by atoms with E-state index in [9.17, 15) is 0 Å². The second kappa shape index (κ2) is 7.46. The number of benzene rings is 5. The average Bonchev–Trinajstić information content (AvgIpc) is 3.46. The molecule has 0 spiro atoms. The molecule has 3 nitrogen and oxygen atoms in total. The normalized spacial score (nSPS) is 11.5. The van der Waals surface area contributed by atoms with Gasteiger partial charge >= 0.3 is 0 Å². The maximum atomic E-state index is 4.97. The molecule has 0 saturated carbocycles. The van der Waals surface area contributed by atoms with E-state index < -0.39 is 0 Å². The predicted octanol–water partition coefficient (Wildman–Crippen LogP) is 7.79. The van der Waals surface area contributed by atoms with E-state index >= 15 is 0 Å². The summed E-state index contributed by atoms with van der Waals surface area (Å²) in [6, 6.07) is 44.7. The van der Waals surface area contributed by atoms with Gasteiger partial charge in [0, 0.05) is 27.7 Å². The average molecular weight is 436 g/mol. The van der Waals surface area contributed by atoms with E-state index in [4.69, 9.17) is 4.98 Å². The maximum Gasteiger partial charge on any atom is 0.145 e. The van der Waals surface area contributed by atoms with Crippen LogP contribution in [0, 0.1) is 0 Å². The molecule has 0 bridgehead atoms. The van der Waals surface area contributed by atoms with E-state index in [-0.39, 0.29) is 0 Å². The quantitative estimate of drug-likeness (QED) is 0.278. The van der Waals surface area contributed by atoms with Gasteiger partial charge in [-0.25, -0.2) is 4.98 Å². The van der Waals surface area contributed by atoms with E-state index in [0.29, 0.717) is 0 Å². The Labute approximate surface area is 197 Å². The zero-order valence-electron chi connectivity index (χ0n) is 18.5. The van der Waals surface area contributed by atoms with Gasteiger partial charge < -0.3 is 4.57 Å². The van der Waals surface area contributed by atoms with Gasteiger partial charge in [-0.05, 0) is 48.5 Å². The molecule has 0 aliphatic heterocycles. The second-order valence-corrected chi connectivity index (χ2v) is 8.51. The van der Waals surface area contributed by atoms with E-state index in [2.05, 4.69) is 124 Å². The minimum absolute atomic E-state index is 0.950.